The first-order valence-corrected chi connectivity index (χ1v) is 11.2. The fourth-order valence-corrected chi connectivity index (χ4v) is 4.77. The van der Waals surface area contributed by atoms with E-state index < -0.39 is 10.0 Å². The van der Waals surface area contributed by atoms with Gasteiger partial charge in [-0.2, -0.15) is 4.31 Å². The molecule has 2 heterocycles. The van der Waals surface area contributed by atoms with Gasteiger partial charge in [0.15, 0.2) is 6.61 Å². The van der Waals surface area contributed by atoms with Crippen molar-refractivity contribution in [2.45, 2.75) is 11.5 Å². The molecular weight excluding hydrogens is 453 g/mol. The van der Waals surface area contributed by atoms with Gasteiger partial charge in [0.05, 0.1) is 28.7 Å². The minimum atomic E-state index is -3.55. The normalized spacial score (nSPS) is 15.3. The summed E-state index contributed by atoms with van der Waals surface area (Å²) in [6.07, 6.45) is 0. The van der Waals surface area contributed by atoms with Crippen LogP contribution in [0.3, 0.4) is 0 Å². The van der Waals surface area contributed by atoms with E-state index in [2.05, 4.69) is 10.2 Å². The van der Waals surface area contributed by atoms with Crippen molar-refractivity contribution in [3.63, 3.8) is 0 Å². The maximum absolute atomic E-state index is 12.6. The Balaban J connectivity index is 1.40. The molecule has 0 bridgehead atoms. The van der Waals surface area contributed by atoms with Gasteiger partial charge in [0.2, 0.25) is 15.9 Å². The number of morpholine rings is 1. The second-order valence-corrected chi connectivity index (χ2v) is 9.18. The van der Waals surface area contributed by atoms with Gasteiger partial charge in [-0.3, -0.25) is 0 Å². The third kappa shape index (κ3) is 4.60. The summed E-state index contributed by atoms with van der Waals surface area (Å²) in [6, 6.07) is 11.1. The molecule has 0 radical (unpaired) electrons. The molecule has 4 rings (SSSR count). The van der Waals surface area contributed by atoms with Crippen LogP contribution in [0.15, 0.2) is 51.8 Å². The molecule has 0 N–H and O–H groups in total. The number of hydrogen-bond donors (Lipinski definition) is 0. The lowest BCUT2D eigenvalue weighted by Crippen LogP contribution is -2.40. The first kappa shape index (κ1) is 21.1. The monoisotopic (exact) mass is 469 g/mol. The van der Waals surface area contributed by atoms with Gasteiger partial charge >= 0.3 is 0 Å². The Morgan fingerprint density at radius 1 is 1.03 bits per heavy atom. The van der Waals surface area contributed by atoms with E-state index in [9.17, 15) is 8.42 Å². The van der Waals surface area contributed by atoms with Gasteiger partial charge in [-0.1, -0.05) is 23.2 Å². The summed E-state index contributed by atoms with van der Waals surface area (Å²) in [4.78, 5) is 0.203. The van der Waals surface area contributed by atoms with Crippen molar-refractivity contribution < 1.29 is 22.3 Å². The highest BCUT2D eigenvalue weighted by Crippen LogP contribution is 2.29. The van der Waals surface area contributed by atoms with Crippen LogP contribution in [-0.2, 0) is 21.4 Å². The maximum Gasteiger partial charge on any atom is 0.254 e. The molecule has 0 amide bonds. The molecule has 1 aliphatic rings. The lowest BCUT2D eigenvalue weighted by atomic mass is 10.2. The van der Waals surface area contributed by atoms with Crippen LogP contribution in [-0.4, -0.2) is 49.2 Å². The van der Waals surface area contributed by atoms with E-state index in [1.807, 2.05) is 0 Å². The van der Waals surface area contributed by atoms with E-state index in [1.165, 1.54) is 16.4 Å². The highest BCUT2D eigenvalue weighted by Gasteiger charge is 2.26. The Labute approximate surface area is 183 Å². The molecule has 0 unspecified atom stereocenters. The van der Waals surface area contributed by atoms with Crippen LogP contribution in [0.1, 0.15) is 5.89 Å². The van der Waals surface area contributed by atoms with Gasteiger partial charge in [0.25, 0.3) is 5.89 Å². The molecule has 0 atom stereocenters. The summed E-state index contributed by atoms with van der Waals surface area (Å²) >= 11 is 12.0. The molecular formula is C19H17Cl2N3O5S. The highest BCUT2D eigenvalue weighted by atomic mass is 35.5. The zero-order chi connectivity index (χ0) is 21.1. The maximum atomic E-state index is 12.6. The number of ether oxygens (including phenoxy) is 2. The Bertz CT molecular complexity index is 1130. The molecule has 0 spiro atoms. The quantitative estimate of drug-likeness (QED) is 0.543. The molecule has 8 nitrogen and oxygen atoms in total. The van der Waals surface area contributed by atoms with Crippen LogP contribution >= 0.6 is 23.2 Å². The van der Waals surface area contributed by atoms with Gasteiger partial charge in [-0.05, 0) is 42.5 Å². The Morgan fingerprint density at radius 2 is 1.77 bits per heavy atom. The Hall–Kier alpha value is -2.17. The first-order chi connectivity index (χ1) is 14.4. The van der Waals surface area contributed by atoms with Crippen molar-refractivity contribution in [1.82, 2.24) is 14.5 Å². The standard InChI is InChI=1S/C19H17Cl2N3O5S/c20-13-1-6-16(17(21)11-13)19-23-22-18(29-19)12-28-14-2-4-15(5-3-14)30(25,26)24-7-9-27-10-8-24/h1-6,11H,7-10,12H2. The van der Waals surface area contributed by atoms with Crippen molar-refractivity contribution in [1.29, 1.82) is 0 Å². The van der Waals surface area contributed by atoms with Gasteiger partial charge in [-0.15, -0.1) is 10.2 Å². The van der Waals surface area contributed by atoms with Crippen molar-refractivity contribution in [3.05, 3.63) is 58.4 Å². The summed E-state index contributed by atoms with van der Waals surface area (Å²) < 4.78 is 43.1. The van der Waals surface area contributed by atoms with Crippen LogP contribution in [0.2, 0.25) is 10.0 Å². The van der Waals surface area contributed by atoms with Crippen molar-refractivity contribution in [2.75, 3.05) is 26.3 Å². The predicted molar refractivity (Wildman–Crippen MR) is 110 cm³/mol. The second-order valence-electron chi connectivity index (χ2n) is 6.40. The van der Waals surface area contributed by atoms with E-state index in [1.54, 1.807) is 30.3 Å². The molecule has 1 saturated heterocycles. The van der Waals surface area contributed by atoms with E-state index >= 15 is 0 Å². The summed E-state index contributed by atoms with van der Waals surface area (Å²) in [5.74, 6) is 0.975. The number of aromatic nitrogens is 2. The van der Waals surface area contributed by atoms with Crippen molar-refractivity contribution in [3.8, 4) is 17.2 Å². The van der Waals surface area contributed by atoms with E-state index in [0.717, 1.165) is 0 Å². The summed E-state index contributed by atoms with van der Waals surface area (Å²) in [5.41, 5.74) is 0.567. The SMILES string of the molecule is O=S(=O)(c1ccc(OCc2nnc(-c3ccc(Cl)cc3Cl)o2)cc1)N1CCOCC1. The molecule has 11 heteroatoms. The molecule has 3 aromatic rings. The van der Waals surface area contributed by atoms with Gasteiger partial charge < -0.3 is 13.9 Å². The average molecular weight is 470 g/mol. The predicted octanol–water partition coefficient (Wildman–Crippen LogP) is 3.64. The van der Waals surface area contributed by atoms with Crippen molar-refractivity contribution in [2.24, 2.45) is 0 Å². The summed E-state index contributed by atoms with van der Waals surface area (Å²) in [6.45, 7) is 1.50. The number of sulfonamides is 1. The number of rotatable bonds is 6. The molecule has 2 aromatic carbocycles. The Morgan fingerprint density at radius 3 is 2.47 bits per heavy atom. The molecule has 0 aliphatic carbocycles. The number of halogens is 2. The van der Waals surface area contributed by atoms with E-state index in [0.29, 0.717) is 47.7 Å². The summed E-state index contributed by atoms with van der Waals surface area (Å²) in [5, 5.41) is 8.81. The highest BCUT2D eigenvalue weighted by molar-refractivity contribution is 7.89. The lowest BCUT2D eigenvalue weighted by Gasteiger charge is -2.26. The van der Waals surface area contributed by atoms with Gasteiger partial charge in [0, 0.05) is 18.1 Å². The molecule has 1 aromatic heterocycles. The van der Waals surface area contributed by atoms with Crippen LogP contribution < -0.4 is 4.74 Å². The number of hydrogen-bond acceptors (Lipinski definition) is 7. The second kappa shape index (κ2) is 8.91. The molecule has 30 heavy (non-hydrogen) atoms. The topological polar surface area (TPSA) is 94.8 Å². The summed E-state index contributed by atoms with van der Waals surface area (Å²) in [7, 11) is -3.55. The minimum absolute atomic E-state index is 0.0216. The smallest absolute Gasteiger partial charge is 0.254 e. The van der Waals surface area contributed by atoms with E-state index in [-0.39, 0.29) is 23.3 Å². The molecule has 1 fully saturated rings. The fourth-order valence-electron chi connectivity index (χ4n) is 2.87. The van der Waals surface area contributed by atoms with Crippen LogP contribution in [0, 0.1) is 0 Å². The van der Waals surface area contributed by atoms with Crippen molar-refractivity contribution >= 4 is 33.2 Å². The molecule has 1 aliphatic heterocycles. The zero-order valence-corrected chi connectivity index (χ0v) is 18.0. The fraction of sp³-hybridized carbons (Fsp3) is 0.263. The third-order valence-corrected chi connectivity index (χ3v) is 6.88. The Kier molecular flexibility index (Phi) is 6.26. The number of nitrogens with zero attached hydrogens (tertiary/aromatic N) is 3. The average Bonchev–Trinajstić information content (AvgIpc) is 3.22. The zero-order valence-electron chi connectivity index (χ0n) is 15.6. The molecule has 0 saturated carbocycles. The van der Waals surface area contributed by atoms with Crippen LogP contribution in [0.5, 0.6) is 5.75 Å². The number of benzene rings is 2. The largest absolute Gasteiger partial charge is 0.484 e. The third-order valence-electron chi connectivity index (χ3n) is 4.42. The van der Waals surface area contributed by atoms with E-state index in [4.69, 9.17) is 37.1 Å². The van der Waals surface area contributed by atoms with Crippen LogP contribution in [0.4, 0.5) is 0 Å². The van der Waals surface area contributed by atoms with Crippen LogP contribution in [0.25, 0.3) is 11.5 Å². The minimum Gasteiger partial charge on any atom is -0.484 e. The van der Waals surface area contributed by atoms with Gasteiger partial charge in [-0.25, -0.2) is 8.42 Å². The molecule has 158 valence electrons. The first-order valence-electron chi connectivity index (χ1n) is 9.02. The van der Waals surface area contributed by atoms with Gasteiger partial charge in [0.1, 0.15) is 5.75 Å². The lowest BCUT2D eigenvalue weighted by molar-refractivity contribution is 0.0730.